The number of unbranched alkanes of at least 4 members (excludes halogenated alkanes) is 26. The average molecular weight is 946 g/mol. The number of nitrogens with one attached hydrogen (secondary N) is 1. The third-order valence-electron chi connectivity index (χ3n) is 12.5. The maximum Gasteiger partial charge on any atom is 0.472 e. The second-order valence-electron chi connectivity index (χ2n) is 18.5. The second-order valence-corrected chi connectivity index (χ2v) is 20.0. The minimum absolute atomic E-state index is 0.253. The maximum atomic E-state index is 13.0. The standard InChI is InChI=1S/C51H96NO12P/c1-3-5-7-9-11-13-15-17-19-21-23-25-27-29-31-33-35-37-39-44(54)43(41-63-65(61,62)64-51-49(59)47(57)46(56)48(58)50(51)60)52-45(55)40-42(53)38-36-34-32-30-28-26-24-22-20-18-16-14-12-10-8-6-4-2/h21,23,29,31,37,39,42-44,46-51,53-54,56-60H,3-20,22,24-28,30,32-36,38,40-41H2,1-2H3,(H,52,55)(H,61,62)/b23-21+,31-29+,39-37+. The number of hydrogen-bond acceptors (Lipinski definition) is 11. The molecule has 65 heavy (non-hydrogen) atoms. The molecule has 1 fully saturated rings. The smallest absolute Gasteiger partial charge is 0.393 e. The molecule has 13 nitrogen and oxygen atoms in total. The Morgan fingerprint density at radius 3 is 1.35 bits per heavy atom. The molecule has 0 radical (unpaired) electrons. The fourth-order valence-electron chi connectivity index (χ4n) is 8.21. The largest absolute Gasteiger partial charge is 0.472 e. The zero-order valence-electron chi connectivity index (χ0n) is 40.7. The lowest BCUT2D eigenvalue weighted by Crippen LogP contribution is -2.64. The third-order valence-corrected chi connectivity index (χ3v) is 13.4. The summed E-state index contributed by atoms with van der Waals surface area (Å²) in [5.74, 6) is -0.604. The minimum atomic E-state index is -5.16. The summed E-state index contributed by atoms with van der Waals surface area (Å²) in [7, 11) is -5.16. The number of aliphatic hydroxyl groups is 7. The van der Waals surface area contributed by atoms with E-state index in [4.69, 9.17) is 9.05 Å². The molecule has 1 rings (SSSR count). The van der Waals surface area contributed by atoms with Crippen molar-refractivity contribution in [2.75, 3.05) is 6.61 Å². The first-order valence-electron chi connectivity index (χ1n) is 26.0. The molecule has 1 saturated carbocycles. The van der Waals surface area contributed by atoms with Gasteiger partial charge in [0.2, 0.25) is 5.91 Å². The van der Waals surface area contributed by atoms with Crippen LogP contribution in [-0.4, -0.2) is 108 Å². The summed E-state index contributed by atoms with van der Waals surface area (Å²) in [6, 6.07) is -1.26. The molecule has 382 valence electrons. The lowest BCUT2D eigenvalue weighted by Gasteiger charge is -2.41. The molecule has 0 spiro atoms. The van der Waals surface area contributed by atoms with E-state index in [0.29, 0.717) is 19.3 Å². The number of phosphoric acid groups is 1. The van der Waals surface area contributed by atoms with Gasteiger partial charge in [0.15, 0.2) is 0 Å². The maximum absolute atomic E-state index is 13.0. The fraction of sp³-hybridized carbons (Fsp3) is 0.863. The summed E-state index contributed by atoms with van der Waals surface area (Å²) in [4.78, 5) is 23.5. The lowest BCUT2D eigenvalue weighted by molar-refractivity contribution is -0.220. The van der Waals surface area contributed by atoms with Gasteiger partial charge in [-0.3, -0.25) is 13.8 Å². The lowest BCUT2D eigenvalue weighted by atomic mass is 9.85. The molecule has 0 heterocycles. The molecule has 8 atom stereocenters. The summed E-state index contributed by atoms with van der Waals surface area (Å²) < 4.78 is 22.9. The van der Waals surface area contributed by atoms with Gasteiger partial charge in [-0.15, -0.1) is 0 Å². The van der Waals surface area contributed by atoms with Gasteiger partial charge in [0, 0.05) is 0 Å². The molecule has 0 bridgehead atoms. The number of carbonyl (C=O) groups is 1. The van der Waals surface area contributed by atoms with Crippen LogP contribution in [0.2, 0.25) is 0 Å². The summed E-state index contributed by atoms with van der Waals surface area (Å²) in [6.07, 6.45) is 33.7. The Kier molecular flexibility index (Phi) is 38.3. The summed E-state index contributed by atoms with van der Waals surface area (Å²) >= 11 is 0. The molecule has 0 aromatic heterocycles. The van der Waals surface area contributed by atoms with Crippen LogP contribution in [0, 0.1) is 0 Å². The van der Waals surface area contributed by atoms with Crippen LogP contribution in [0.4, 0.5) is 0 Å². The van der Waals surface area contributed by atoms with E-state index in [1.54, 1.807) is 6.08 Å². The van der Waals surface area contributed by atoms with Crippen LogP contribution in [0.25, 0.3) is 0 Å². The number of carbonyl (C=O) groups excluding carboxylic acids is 1. The predicted molar refractivity (Wildman–Crippen MR) is 261 cm³/mol. The molecule has 0 aliphatic heterocycles. The molecule has 0 saturated heterocycles. The first-order chi connectivity index (χ1) is 31.3. The number of aliphatic hydroxyl groups excluding tert-OH is 7. The normalized spacial score (nSPS) is 22.8. The molecule has 1 aliphatic carbocycles. The highest BCUT2D eigenvalue weighted by Crippen LogP contribution is 2.47. The third kappa shape index (κ3) is 32.1. The quantitative estimate of drug-likeness (QED) is 0.0158. The number of hydrogen-bond donors (Lipinski definition) is 9. The van der Waals surface area contributed by atoms with Crippen LogP contribution in [0.1, 0.15) is 219 Å². The van der Waals surface area contributed by atoms with E-state index in [-0.39, 0.29) is 6.42 Å². The van der Waals surface area contributed by atoms with E-state index in [9.17, 15) is 50.0 Å². The highest BCUT2D eigenvalue weighted by atomic mass is 31.2. The molecular formula is C51H96NO12P. The van der Waals surface area contributed by atoms with Crippen molar-refractivity contribution in [2.24, 2.45) is 0 Å². The zero-order valence-corrected chi connectivity index (χ0v) is 41.5. The Morgan fingerprint density at radius 1 is 0.538 bits per heavy atom. The Bertz CT molecular complexity index is 1250. The van der Waals surface area contributed by atoms with Crippen molar-refractivity contribution in [2.45, 2.75) is 274 Å². The van der Waals surface area contributed by atoms with Crippen LogP contribution in [-0.2, 0) is 18.4 Å². The number of amides is 1. The topological polar surface area (TPSA) is 226 Å². The van der Waals surface area contributed by atoms with Crippen molar-refractivity contribution in [3.8, 4) is 0 Å². The van der Waals surface area contributed by atoms with Gasteiger partial charge in [0.1, 0.15) is 36.6 Å². The highest BCUT2D eigenvalue weighted by Gasteiger charge is 2.51. The second kappa shape index (κ2) is 40.4. The van der Waals surface area contributed by atoms with E-state index in [2.05, 4.69) is 43.5 Å². The molecular weight excluding hydrogens is 850 g/mol. The molecule has 0 aromatic carbocycles. The Balaban J connectivity index is 2.52. The minimum Gasteiger partial charge on any atom is -0.393 e. The van der Waals surface area contributed by atoms with Crippen molar-refractivity contribution < 1.29 is 59.0 Å². The first kappa shape index (κ1) is 61.5. The van der Waals surface area contributed by atoms with Crippen LogP contribution in [0.5, 0.6) is 0 Å². The van der Waals surface area contributed by atoms with Gasteiger partial charge < -0.3 is 46.0 Å². The van der Waals surface area contributed by atoms with E-state index in [1.807, 2.05) is 0 Å². The molecule has 9 N–H and O–H groups in total. The van der Waals surface area contributed by atoms with E-state index >= 15 is 0 Å². The SMILES string of the molecule is CCCCCCCCCC/C=C/CC/C=C/CC/C=C/C(O)C(COP(=O)(O)OC1C(O)C(O)C(O)C(O)C1O)NC(=O)CC(O)CCCCCCCCCCCCCCCCCCC. The van der Waals surface area contributed by atoms with Gasteiger partial charge in [0.25, 0.3) is 0 Å². The molecule has 8 unspecified atom stereocenters. The Labute approximate surface area is 394 Å². The van der Waals surface area contributed by atoms with Crippen LogP contribution in [0.15, 0.2) is 36.5 Å². The highest BCUT2D eigenvalue weighted by molar-refractivity contribution is 7.47. The van der Waals surface area contributed by atoms with Crippen LogP contribution >= 0.6 is 7.82 Å². The first-order valence-corrected chi connectivity index (χ1v) is 27.5. The van der Waals surface area contributed by atoms with Crippen molar-refractivity contribution in [3.05, 3.63) is 36.5 Å². The van der Waals surface area contributed by atoms with Gasteiger partial charge in [-0.2, -0.15) is 0 Å². The average Bonchev–Trinajstić information content (AvgIpc) is 3.28. The summed E-state index contributed by atoms with van der Waals surface area (Å²) in [5, 5.41) is 74.6. The van der Waals surface area contributed by atoms with Gasteiger partial charge in [-0.05, 0) is 44.9 Å². The summed E-state index contributed by atoms with van der Waals surface area (Å²) in [6.45, 7) is 3.74. The van der Waals surface area contributed by atoms with Crippen molar-refractivity contribution in [1.82, 2.24) is 5.32 Å². The van der Waals surface area contributed by atoms with Crippen LogP contribution < -0.4 is 5.32 Å². The Morgan fingerprint density at radius 2 is 0.908 bits per heavy atom. The predicted octanol–water partition coefficient (Wildman–Crippen LogP) is 9.70. The van der Waals surface area contributed by atoms with Crippen molar-refractivity contribution >= 4 is 13.7 Å². The van der Waals surface area contributed by atoms with Gasteiger partial charge in [-0.25, -0.2) is 4.57 Å². The molecule has 0 aromatic rings. The van der Waals surface area contributed by atoms with Crippen LogP contribution in [0.3, 0.4) is 0 Å². The monoisotopic (exact) mass is 946 g/mol. The van der Waals surface area contributed by atoms with E-state index < -0.39 is 75.2 Å². The number of rotatable bonds is 43. The molecule has 1 amide bonds. The summed E-state index contributed by atoms with van der Waals surface area (Å²) in [5.41, 5.74) is 0. The van der Waals surface area contributed by atoms with E-state index in [0.717, 1.165) is 44.9 Å². The number of phosphoric ester groups is 1. The van der Waals surface area contributed by atoms with Gasteiger partial charge >= 0.3 is 7.82 Å². The fourth-order valence-corrected chi connectivity index (χ4v) is 9.18. The molecule has 1 aliphatic rings. The van der Waals surface area contributed by atoms with Gasteiger partial charge in [0.05, 0.1) is 31.3 Å². The van der Waals surface area contributed by atoms with Crippen molar-refractivity contribution in [3.63, 3.8) is 0 Å². The molecule has 14 heteroatoms. The number of allylic oxidation sites excluding steroid dienone is 5. The Hall–Kier alpha value is -1.48. The van der Waals surface area contributed by atoms with Gasteiger partial charge in [-0.1, -0.05) is 204 Å². The van der Waals surface area contributed by atoms with E-state index in [1.165, 1.54) is 141 Å². The van der Waals surface area contributed by atoms with Crippen molar-refractivity contribution in [1.29, 1.82) is 0 Å². The zero-order chi connectivity index (χ0) is 48.0.